The van der Waals surface area contributed by atoms with Crippen LogP contribution in [0.5, 0.6) is 5.75 Å². The molecule has 0 spiro atoms. The monoisotopic (exact) mass is 483 g/mol. The summed E-state index contributed by atoms with van der Waals surface area (Å²) >= 11 is 15.6. The van der Waals surface area contributed by atoms with E-state index in [0.717, 1.165) is 4.47 Å². The highest BCUT2D eigenvalue weighted by atomic mass is 79.9. The van der Waals surface area contributed by atoms with E-state index >= 15 is 0 Å². The van der Waals surface area contributed by atoms with Gasteiger partial charge < -0.3 is 9.84 Å². The van der Waals surface area contributed by atoms with Crippen LogP contribution in [0, 0.1) is 6.92 Å². The van der Waals surface area contributed by atoms with E-state index in [-0.39, 0.29) is 21.4 Å². The molecule has 3 rings (SSSR count). The summed E-state index contributed by atoms with van der Waals surface area (Å²) in [6.07, 6.45) is 1.40. The molecule has 0 unspecified atom stereocenters. The number of nitrogens with zero attached hydrogens (tertiary/aromatic N) is 3. The molecule has 1 heterocycles. The zero-order valence-corrected chi connectivity index (χ0v) is 17.4. The van der Waals surface area contributed by atoms with Gasteiger partial charge in [-0.1, -0.05) is 39.1 Å². The Labute approximate surface area is 177 Å². The number of aromatic nitrogens is 2. The second-order valence-electron chi connectivity index (χ2n) is 5.68. The minimum absolute atomic E-state index is 0.0634. The van der Waals surface area contributed by atoms with E-state index in [1.165, 1.54) is 23.0 Å². The normalized spacial score (nSPS) is 11.3. The minimum Gasteiger partial charge on any atom is -0.479 e. The van der Waals surface area contributed by atoms with Gasteiger partial charge in [0.1, 0.15) is 5.82 Å². The maximum absolute atomic E-state index is 12.7. The summed E-state index contributed by atoms with van der Waals surface area (Å²) in [5.74, 6) is -0.675. The average molecular weight is 485 g/mol. The zero-order valence-electron chi connectivity index (χ0n) is 14.3. The van der Waals surface area contributed by atoms with Gasteiger partial charge in [-0.25, -0.2) is 9.78 Å². The van der Waals surface area contributed by atoms with E-state index in [4.69, 9.17) is 33.0 Å². The van der Waals surface area contributed by atoms with Crippen molar-refractivity contribution >= 4 is 62.2 Å². The van der Waals surface area contributed by atoms with E-state index in [1.807, 2.05) is 0 Å². The van der Waals surface area contributed by atoms with E-state index in [0.29, 0.717) is 22.3 Å². The van der Waals surface area contributed by atoms with Crippen LogP contribution in [0.1, 0.15) is 11.4 Å². The second kappa shape index (κ2) is 8.30. The molecule has 144 valence electrons. The van der Waals surface area contributed by atoms with Crippen molar-refractivity contribution < 1.29 is 14.6 Å². The summed E-state index contributed by atoms with van der Waals surface area (Å²) in [5, 5.41) is 13.6. The van der Waals surface area contributed by atoms with Gasteiger partial charge in [-0.3, -0.25) is 4.79 Å². The lowest BCUT2D eigenvalue weighted by molar-refractivity contribution is -0.139. The number of carboxylic acids is 1. The number of ether oxygens (including phenoxy) is 1. The van der Waals surface area contributed by atoms with Gasteiger partial charge in [0.15, 0.2) is 12.4 Å². The van der Waals surface area contributed by atoms with Gasteiger partial charge in [0.05, 0.1) is 27.2 Å². The van der Waals surface area contributed by atoms with Crippen molar-refractivity contribution in [2.24, 2.45) is 5.10 Å². The highest BCUT2D eigenvalue weighted by Gasteiger charge is 2.12. The van der Waals surface area contributed by atoms with Gasteiger partial charge in [0, 0.05) is 4.47 Å². The Morgan fingerprint density at radius 1 is 1.32 bits per heavy atom. The van der Waals surface area contributed by atoms with Crippen molar-refractivity contribution in [3.63, 3.8) is 0 Å². The number of benzene rings is 2. The number of hydrogen-bond acceptors (Lipinski definition) is 5. The molecule has 0 bridgehead atoms. The van der Waals surface area contributed by atoms with Crippen molar-refractivity contribution in [2.75, 3.05) is 6.61 Å². The molecular weight excluding hydrogens is 473 g/mol. The molecule has 1 N–H and O–H groups in total. The predicted molar refractivity (Wildman–Crippen MR) is 111 cm³/mol. The van der Waals surface area contributed by atoms with Crippen LogP contribution in [-0.2, 0) is 4.79 Å². The Kier molecular flexibility index (Phi) is 6.02. The van der Waals surface area contributed by atoms with Gasteiger partial charge in [0.25, 0.3) is 5.56 Å². The van der Waals surface area contributed by atoms with Crippen LogP contribution in [-0.4, -0.2) is 33.6 Å². The maximum atomic E-state index is 12.7. The fourth-order valence-electron chi connectivity index (χ4n) is 2.45. The summed E-state index contributed by atoms with van der Waals surface area (Å²) in [6, 6.07) is 8.23. The summed E-state index contributed by atoms with van der Waals surface area (Å²) in [4.78, 5) is 27.7. The molecule has 0 atom stereocenters. The zero-order chi connectivity index (χ0) is 20.4. The van der Waals surface area contributed by atoms with Crippen LogP contribution in [0.15, 0.2) is 44.7 Å². The average Bonchev–Trinajstić information content (AvgIpc) is 2.61. The van der Waals surface area contributed by atoms with Crippen LogP contribution in [0.3, 0.4) is 0 Å². The van der Waals surface area contributed by atoms with E-state index in [2.05, 4.69) is 26.0 Å². The fraction of sp³-hybridized carbons (Fsp3) is 0.111. The Bertz CT molecular complexity index is 1150. The SMILES string of the molecule is Cc1nc2ccc(Br)cc2c(=O)n1N=Cc1cc(Cl)c(OCC(=O)O)c(Cl)c1. The molecule has 0 aliphatic rings. The number of fused-ring (bicyclic) bond motifs is 1. The van der Waals surface area contributed by atoms with Crippen LogP contribution in [0.25, 0.3) is 10.9 Å². The van der Waals surface area contributed by atoms with Gasteiger partial charge in [-0.05, 0) is 42.8 Å². The highest BCUT2D eigenvalue weighted by molar-refractivity contribution is 9.10. The third-order valence-corrected chi connectivity index (χ3v) is 4.71. The summed E-state index contributed by atoms with van der Waals surface area (Å²) in [7, 11) is 0. The van der Waals surface area contributed by atoms with E-state index in [1.54, 1.807) is 25.1 Å². The lowest BCUT2D eigenvalue weighted by atomic mass is 10.2. The molecule has 3 aromatic rings. The number of rotatable bonds is 5. The number of carboxylic acid groups (broad SMARTS) is 1. The molecule has 0 fully saturated rings. The lowest BCUT2D eigenvalue weighted by Gasteiger charge is -2.09. The Balaban J connectivity index is 1.98. The van der Waals surface area contributed by atoms with Crippen LogP contribution in [0.2, 0.25) is 10.0 Å². The van der Waals surface area contributed by atoms with Gasteiger partial charge >= 0.3 is 5.97 Å². The highest BCUT2D eigenvalue weighted by Crippen LogP contribution is 2.33. The van der Waals surface area contributed by atoms with Gasteiger partial charge in [-0.2, -0.15) is 9.78 Å². The van der Waals surface area contributed by atoms with E-state index in [9.17, 15) is 9.59 Å². The largest absolute Gasteiger partial charge is 0.479 e. The standard InChI is InChI=1S/C18H12BrCl2N3O4/c1-9-23-15-3-2-11(19)6-12(15)18(27)24(9)22-7-10-4-13(20)17(14(21)5-10)28-8-16(25)26/h2-7H,8H2,1H3,(H,25,26). The maximum Gasteiger partial charge on any atom is 0.341 e. The second-order valence-corrected chi connectivity index (χ2v) is 7.41. The first kappa shape index (κ1) is 20.3. The molecule has 28 heavy (non-hydrogen) atoms. The third kappa shape index (κ3) is 4.35. The summed E-state index contributed by atoms with van der Waals surface area (Å²) in [5.41, 5.74) is 0.750. The first-order valence-corrected chi connectivity index (χ1v) is 9.38. The fourth-order valence-corrected chi connectivity index (χ4v) is 3.42. The van der Waals surface area contributed by atoms with Crippen molar-refractivity contribution in [3.8, 4) is 5.75 Å². The van der Waals surface area contributed by atoms with Crippen molar-refractivity contribution in [3.05, 3.63) is 66.6 Å². The Hall–Kier alpha value is -2.42. The molecule has 0 saturated heterocycles. The Morgan fingerprint density at radius 3 is 2.64 bits per heavy atom. The molecule has 0 aliphatic heterocycles. The molecule has 0 radical (unpaired) electrons. The molecule has 0 aliphatic carbocycles. The first-order valence-electron chi connectivity index (χ1n) is 7.83. The predicted octanol–water partition coefficient (Wildman–Crippen LogP) is 4.12. The quantitative estimate of drug-likeness (QED) is 0.549. The lowest BCUT2D eigenvalue weighted by Crippen LogP contribution is -2.20. The van der Waals surface area contributed by atoms with Crippen LogP contribution >= 0.6 is 39.1 Å². The number of hydrogen-bond donors (Lipinski definition) is 1. The molecule has 7 nitrogen and oxygen atoms in total. The Morgan fingerprint density at radius 2 is 2.00 bits per heavy atom. The first-order chi connectivity index (χ1) is 13.3. The van der Waals surface area contributed by atoms with Gasteiger partial charge in [-0.15, -0.1) is 0 Å². The number of aryl methyl sites for hydroxylation is 1. The minimum atomic E-state index is -1.15. The molecule has 0 saturated carbocycles. The number of carbonyl (C=O) groups is 1. The van der Waals surface area contributed by atoms with Crippen molar-refractivity contribution in [1.82, 2.24) is 9.66 Å². The van der Waals surface area contributed by atoms with Gasteiger partial charge in [0.2, 0.25) is 0 Å². The smallest absolute Gasteiger partial charge is 0.341 e. The number of aliphatic carboxylic acids is 1. The third-order valence-electron chi connectivity index (χ3n) is 3.65. The summed E-state index contributed by atoms with van der Waals surface area (Å²) < 4.78 is 7.00. The topological polar surface area (TPSA) is 93.8 Å². The van der Waals surface area contributed by atoms with E-state index < -0.39 is 12.6 Å². The molecule has 10 heteroatoms. The van der Waals surface area contributed by atoms with Crippen LogP contribution < -0.4 is 10.3 Å². The van der Waals surface area contributed by atoms with Crippen LogP contribution in [0.4, 0.5) is 0 Å². The molecular formula is C18H12BrCl2N3O4. The van der Waals surface area contributed by atoms with Crippen molar-refractivity contribution in [2.45, 2.75) is 6.92 Å². The van der Waals surface area contributed by atoms with Crippen molar-refractivity contribution in [1.29, 1.82) is 0 Å². The summed E-state index contributed by atoms with van der Waals surface area (Å²) in [6.45, 7) is 1.10. The molecule has 1 aromatic heterocycles. The molecule has 0 amide bonds. The number of halogens is 3. The molecule has 2 aromatic carbocycles.